The average Bonchev–Trinajstić information content (AvgIpc) is 3.31. The van der Waals surface area contributed by atoms with Crippen LogP contribution in [-0.2, 0) is 27.3 Å². The molecule has 0 aromatic heterocycles. The Balaban J connectivity index is 1.27. The van der Waals surface area contributed by atoms with Gasteiger partial charge in [0.15, 0.2) is 0 Å². The maximum absolute atomic E-state index is 12.6. The van der Waals surface area contributed by atoms with Gasteiger partial charge in [-0.25, -0.2) is 0 Å². The minimum Gasteiger partial charge on any atom is -0.491 e. The van der Waals surface area contributed by atoms with E-state index < -0.39 is 6.04 Å². The molecule has 0 bridgehead atoms. The molecule has 2 aliphatic heterocycles. The zero-order valence-corrected chi connectivity index (χ0v) is 17.7. The van der Waals surface area contributed by atoms with E-state index in [1.807, 2.05) is 54.2 Å². The van der Waals surface area contributed by atoms with E-state index >= 15 is 0 Å². The molecular formula is C23H28N2O4S. The summed E-state index contributed by atoms with van der Waals surface area (Å²) >= 11 is 1.97. The predicted octanol–water partition coefficient (Wildman–Crippen LogP) is 2.37. The first-order chi connectivity index (χ1) is 14.8. The van der Waals surface area contributed by atoms with E-state index in [1.54, 1.807) is 0 Å². The fourth-order valence-electron chi connectivity index (χ4n) is 3.60. The fourth-order valence-corrected chi connectivity index (χ4v) is 4.62. The minimum atomic E-state index is -0.534. The van der Waals surface area contributed by atoms with E-state index in [2.05, 4.69) is 22.8 Å². The molecule has 2 saturated heterocycles. The lowest BCUT2D eigenvalue weighted by molar-refractivity contribution is -0.155. The molecule has 2 aromatic carbocycles. The Labute approximate surface area is 181 Å². The predicted molar refractivity (Wildman–Crippen MR) is 118 cm³/mol. The number of hydrogen-bond acceptors (Lipinski definition) is 7. The Hall–Kier alpha value is -2.06. The van der Waals surface area contributed by atoms with Crippen molar-refractivity contribution in [1.82, 2.24) is 10.6 Å². The molecule has 30 heavy (non-hydrogen) atoms. The molecule has 3 atom stereocenters. The highest BCUT2D eigenvalue weighted by Gasteiger charge is 2.33. The van der Waals surface area contributed by atoms with Crippen molar-refractivity contribution in [3.05, 3.63) is 65.7 Å². The first kappa shape index (κ1) is 21.2. The maximum Gasteiger partial charge on any atom is 0.326 e. The van der Waals surface area contributed by atoms with Crippen LogP contribution in [0, 0.1) is 0 Å². The molecule has 2 aliphatic rings. The van der Waals surface area contributed by atoms with Crippen molar-refractivity contribution in [1.29, 1.82) is 0 Å². The van der Waals surface area contributed by atoms with Crippen LogP contribution in [0.3, 0.4) is 0 Å². The van der Waals surface area contributed by atoms with Crippen LogP contribution < -0.4 is 15.4 Å². The van der Waals surface area contributed by atoms with E-state index in [0.29, 0.717) is 25.0 Å². The first-order valence-electron chi connectivity index (χ1n) is 10.4. The highest BCUT2D eigenvalue weighted by atomic mass is 32.2. The van der Waals surface area contributed by atoms with Crippen molar-refractivity contribution < 1.29 is 19.0 Å². The van der Waals surface area contributed by atoms with E-state index in [-0.39, 0.29) is 18.7 Å². The number of carbonyl (C=O) groups excluding carboxylic acids is 1. The summed E-state index contributed by atoms with van der Waals surface area (Å²) in [5.74, 6) is 1.50. The SMILES string of the molecule is O=C(OCc1ccccc1)[C@H]1NCCO[C@@H]1COc1ccc(CC2CNCS2)cc1. The van der Waals surface area contributed by atoms with Gasteiger partial charge in [0.05, 0.1) is 6.61 Å². The smallest absolute Gasteiger partial charge is 0.326 e. The molecule has 1 unspecified atom stereocenters. The first-order valence-corrected chi connectivity index (χ1v) is 11.4. The van der Waals surface area contributed by atoms with Crippen LogP contribution in [0.15, 0.2) is 54.6 Å². The lowest BCUT2D eigenvalue weighted by Crippen LogP contribution is -2.55. The average molecular weight is 429 g/mol. The van der Waals surface area contributed by atoms with Gasteiger partial charge in [-0.2, -0.15) is 0 Å². The number of ether oxygens (including phenoxy) is 3. The summed E-state index contributed by atoms with van der Waals surface area (Å²) in [6.07, 6.45) is 0.672. The van der Waals surface area contributed by atoms with Gasteiger partial charge in [-0.05, 0) is 29.7 Å². The van der Waals surface area contributed by atoms with E-state index in [0.717, 1.165) is 30.2 Å². The molecule has 0 radical (unpaired) electrons. The van der Waals surface area contributed by atoms with Gasteiger partial charge in [0.25, 0.3) is 0 Å². The Bertz CT molecular complexity index is 797. The zero-order chi connectivity index (χ0) is 20.6. The topological polar surface area (TPSA) is 68.8 Å². The van der Waals surface area contributed by atoms with Gasteiger partial charge in [0, 0.05) is 24.2 Å². The van der Waals surface area contributed by atoms with E-state index in [1.165, 1.54) is 5.56 Å². The van der Waals surface area contributed by atoms with Crippen molar-refractivity contribution in [3.8, 4) is 5.75 Å². The molecule has 2 aromatic rings. The number of hydrogen-bond donors (Lipinski definition) is 2. The number of benzene rings is 2. The maximum atomic E-state index is 12.6. The minimum absolute atomic E-state index is 0.252. The summed E-state index contributed by atoms with van der Waals surface area (Å²) in [5.41, 5.74) is 2.27. The van der Waals surface area contributed by atoms with Crippen LogP contribution in [0.5, 0.6) is 5.75 Å². The third-order valence-electron chi connectivity index (χ3n) is 5.24. The third kappa shape index (κ3) is 5.98. The van der Waals surface area contributed by atoms with Gasteiger partial charge < -0.3 is 19.5 Å². The quantitative estimate of drug-likeness (QED) is 0.626. The molecular weight excluding hydrogens is 400 g/mol. The van der Waals surface area contributed by atoms with E-state index in [9.17, 15) is 4.79 Å². The van der Waals surface area contributed by atoms with Gasteiger partial charge in [0.2, 0.25) is 0 Å². The Morgan fingerprint density at radius 3 is 2.70 bits per heavy atom. The van der Waals surface area contributed by atoms with Gasteiger partial charge in [0.1, 0.15) is 31.1 Å². The van der Waals surface area contributed by atoms with Crippen LogP contribution in [-0.4, -0.2) is 55.5 Å². The number of rotatable bonds is 8. The molecule has 0 spiro atoms. The standard InChI is InChI=1S/C23H28N2O4S/c26-23(29-14-18-4-2-1-3-5-18)22-21(27-11-10-25-22)15-28-19-8-6-17(7-9-19)12-20-13-24-16-30-20/h1-9,20-22,24-25H,10-16H2/t20?,21-,22+/m1/s1. The van der Waals surface area contributed by atoms with E-state index in [4.69, 9.17) is 14.2 Å². The summed E-state index contributed by atoms with van der Waals surface area (Å²) in [7, 11) is 0. The normalized spacial score (nSPS) is 23.8. The monoisotopic (exact) mass is 428 g/mol. The second kappa shape index (κ2) is 10.8. The summed E-state index contributed by atoms with van der Waals surface area (Å²) < 4.78 is 17.2. The lowest BCUT2D eigenvalue weighted by atomic mass is 10.1. The summed E-state index contributed by atoms with van der Waals surface area (Å²) in [4.78, 5) is 12.6. The van der Waals surface area contributed by atoms with Gasteiger partial charge in [-0.3, -0.25) is 10.1 Å². The summed E-state index contributed by atoms with van der Waals surface area (Å²) in [6, 6.07) is 17.3. The zero-order valence-electron chi connectivity index (χ0n) is 16.9. The molecule has 160 valence electrons. The molecule has 2 fully saturated rings. The van der Waals surface area contributed by atoms with Crippen LogP contribution >= 0.6 is 11.8 Å². The highest BCUT2D eigenvalue weighted by molar-refractivity contribution is 8.00. The van der Waals surface area contributed by atoms with Gasteiger partial charge in [-0.1, -0.05) is 42.5 Å². The molecule has 2 heterocycles. The molecule has 0 amide bonds. The third-order valence-corrected chi connectivity index (χ3v) is 6.42. The number of morpholine rings is 1. The second-order valence-corrected chi connectivity index (χ2v) is 8.77. The van der Waals surface area contributed by atoms with Gasteiger partial charge in [-0.15, -0.1) is 11.8 Å². The molecule has 0 saturated carbocycles. The molecule has 6 nitrogen and oxygen atoms in total. The number of thioether (sulfide) groups is 1. The molecule has 0 aliphatic carbocycles. The summed E-state index contributed by atoms with van der Waals surface area (Å²) in [6.45, 7) is 2.77. The van der Waals surface area contributed by atoms with Crippen LogP contribution in [0.2, 0.25) is 0 Å². The Morgan fingerprint density at radius 1 is 1.10 bits per heavy atom. The van der Waals surface area contributed by atoms with Crippen molar-refractivity contribution in [2.75, 3.05) is 32.2 Å². The number of nitrogens with one attached hydrogen (secondary N) is 2. The van der Waals surface area contributed by atoms with Gasteiger partial charge >= 0.3 is 5.97 Å². The highest BCUT2D eigenvalue weighted by Crippen LogP contribution is 2.21. The number of carbonyl (C=O) groups is 1. The number of esters is 1. The van der Waals surface area contributed by atoms with Crippen LogP contribution in [0.1, 0.15) is 11.1 Å². The molecule has 7 heteroatoms. The largest absolute Gasteiger partial charge is 0.491 e. The van der Waals surface area contributed by atoms with Crippen LogP contribution in [0.25, 0.3) is 0 Å². The Morgan fingerprint density at radius 2 is 1.93 bits per heavy atom. The van der Waals surface area contributed by atoms with Crippen molar-refractivity contribution in [2.45, 2.75) is 30.4 Å². The summed E-state index contributed by atoms with van der Waals surface area (Å²) in [5, 5.41) is 7.22. The van der Waals surface area contributed by atoms with Crippen LogP contribution in [0.4, 0.5) is 0 Å². The molecule has 4 rings (SSSR count). The van der Waals surface area contributed by atoms with Crippen molar-refractivity contribution >= 4 is 17.7 Å². The van der Waals surface area contributed by atoms with Crippen molar-refractivity contribution in [3.63, 3.8) is 0 Å². The lowest BCUT2D eigenvalue weighted by Gasteiger charge is -2.31. The second-order valence-electron chi connectivity index (χ2n) is 7.48. The van der Waals surface area contributed by atoms with Crippen molar-refractivity contribution in [2.24, 2.45) is 0 Å². The fraction of sp³-hybridized carbons (Fsp3) is 0.435. The molecule has 2 N–H and O–H groups in total. The Kier molecular flexibility index (Phi) is 7.64.